The van der Waals surface area contributed by atoms with E-state index in [9.17, 15) is 0 Å². The smallest absolute Gasteiger partial charge is 0.0638 e. The highest BCUT2D eigenvalue weighted by atomic mass is 32.1. The zero-order valence-electron chi connectivity index (χ0n) is 9.70. The average molecular weight is 212 g/mol. The molecule has 0 heterocycles. The van der Waals surface area contributed by atoms with E-state index in [4.69, 9.17) is 0 Å². The van der Waals surface area contributed by atoms with Crippen LogP contribution in [0.3, 0.4) is 0 Å². The molecule has 80 valence electrons. The summed E-state index contributed by atoms with van der Waals surface area (Å²) >= 11 is 4.28. The molecule has 0 aliphatic carbocycles. The van der Waals surface area contributed by atoms with Crippen molar-refractivity contribution in [1.29, 1.82) is 0 Å². The van der Waals surface area contributed by atoms with Gasteiger partial charge < -0.3 is 0 Å². The molecule has 0 aromatic rings. The molecule has 0 radical (unpaired) electrons. The van der Waals surface area contributed by atoms with Crippen LogP contribution in [0.25, 0.3) is 0 Å². The van der Waals surface area contributed by atoms with Gasteiger partial charge in [0, 0.05) is 29.6 Å². The quantitative estimate of drug-likeness (QED) is 0.549. The molecule has 0 saturated carbocycles. The van der Waals surface area contributed by atoms with Gasteiger partial charge in [0.15, 0.2) is 0 Å². The third-order valence-corrected chi connectivity index (χ3v) is 2.06. The summed E-state index contributed by atoms with van der Waals surface area (Å²) in [5.74, 6) is 0. The molecule has 0 fully saturated rings. The van der Waals surface area contributed by atoms with Crippen LogP contribution in [0.5, 0.6) is 0 Å². The van der Waals surface area contributed by atoms with Crippen LogP contribution in [0.2, 0.25) is 0 Å². The van der Waals surface area contributed by atoms with E-state index in [0.29, 0.717) is 0 Å². The molecule has 0 bridgehead atoms. The minimum absolute atomic E-state index is 0.00881. The molecule has 0 aromatic carbocycles. The number of thiol groups is 1. The molecule has 0 aliphatic heterocycles. The Morgan fingerprint density at radius 3 is 2.21 bits per heavy atom. The maximum absolute atomic E-state index is 4.43. The fourth-order valence-corrected chi connectivity index (χ4v) is 0.818. The van der Waals surface area contributed by atoms with Gasteiger partial charge in [-0.15, -0.1) is 0 Å². The van der Waals surface area contributed by atoms with Crippen LogP contribution in [0.1, 0.15) is 27.7 Å². The molecular weight excluding hydrogens is 192 g/mol. The minimum atomic E-state index is -0.00881. The van der Waals surface area contributed by atoms with Crippen LogP contribution < -0.4 is 0 Å². The van der Waals surface area contributed by atoms with Gasteiger partial charge in [-0.3, -0.25) is 9.98 Å². The van der Waals surface area contributed by atoms with Gasteiger partial charge in [-0.05, 0) is 6.92 Å². The summed E-state index contributed by atoms with van der Waals surface area (Å²) in [6.07, 6.45) is 1.78. The van der Waals surface area contributed by atoms with E-state index in [2.05, 4.69) is 50.0 Å². The van der Waals surface area contributed by atoms with Crippen molar-refractivity contribution in [2.24, 2.45) is 15.4 Å². The van der Waals surface area contributed by atoms with Crippen LogP contribution in [0, 0.1) is 5.41 Å². The van der Waals surface area contributed by atoms with E-state index < -0.39 is 0 Å². The summed E-state index contributed by atoms with van der Waals surface area (Å²) in [6.45, 7) is 12.1. The first-order valence-corrected chi connectivity index (χ1v) is 5.19. The number of hydrogen-bond donors (Lipinski definition) is 1. The van der Waals surface area contributed by atoms with Crippen molar-refractivity contribution in [2.75, 3.05) is 7.05 Å². The Morgan fingerprint density at radius 1 is 1.43 bits per heavy atom. The Kier molecular flexibility index (Phi) is 5.13. The molecular formula is C11H20N2S. The summed E-state index contributed by atoms with van der Waals surface area (Å²) in [4.78, 5) is 8.43. The summed E-state index contributed by atoms with van der Waals surface area (Å²) in [5, 5.41) is 0.0811. The molecule has 14 heavy (non-hydrogen) atoms. The Balaban J connectivity index is 4.93. The first-order valence-electron chi connectivity index (χ1n) is 4.67. The summed E-state index contributed by atoms with van der Waals surface area (Å²) in [6, 6.07) is 0. The summed E-state index contributed by atoms with van der Waals surface area (Å²) in [5.41, 5.74) is 1.70. The highest BCUT2D eigenvalue weighted by molar-refractivity contribution is 7.81. The van der Waals surface area contributed by atoms with Gasteiger partial charge in [-0.2, -0.15) is 12.6 Å². The van der Waals surface area contributed by atoms with Crippen molar-refractivity contribution < 1.29 is 0 Å². The predicted octanol–water partition coefficient (Wildman–Crippen LogP) is 3.01. The third kappa shape index (κ3) is 4.61. The first kappa shape index (κ1) is 13.4. The van der Waals surface area contributed by atoms with E-state index in [1.807, 2.05) is 6.92 Å². The molecule has 0 amide bonds. The second-order valence-electron chi connectivity index (χ2n) is 4.30. The van der Waals surface area contributed by atoms with Crippen LogP contribution in [-0.4, -0.2) is 24.2 Å². The lowest BCUT2D eigenvalue weighted by molar-refractivity contribution is 0.597. The van der Waals surface area contributed by atoms with E-state index in [1.165, 1.54) is 0 Å². The lowest BCUT2D eigenvalue weighted by Crippen LogP contribution is -2.22. The lowest BCUT2D eigenvalue weighted by atomic mass is 9.90. The summed E-state index contributed by atoms with van der Waals surface area (Å²) in [7, 11) is 1.74. The predicted molar refractivity (Wildman–Crippen MR) is 68.9 cm³/mol. The van der Waals surface area contributed by atoms with Gasteiger partial charge in [0.05, 0.1) is 5.71 Å². The van der Waals surface area contributed by atoms with Gasteiger partial charge in [0.1, 0.15) is 0 Å². The van der Waals surface area contributed by atoms with E-state index in [-0.39, 0.29) is 10.7 Å². The SMILES string of the molecule is C=C(/N=C(\C=N/C)C(C)(C)C)C(C)S. The summed E-state index contributed by atoms with van der Waals surface area (Å²) < 4.78 is 0. The Labute approximate surface area is 92.6 Å². The van der Waals surface area contributed by atoms with Gasteiger partial charge in [0.25, 0.3) is 0 Å². The molecule has 0 N–H and O–H groups in total. The van der Waals surface area contributed by atoms with E-state index >= 15 is 0 Å². The zero-order chi connectivity index (χ0) is 11.4. The van der Waals surface area contributed by atoms with Crippen molar-refractivity contribution in [1.82, 2.24) is 0 Å². The largest absolute Gasteiger partial charge is 0.295 e. The normalized spacial score (nSPS) is 16.0. The minimum Gasteiger partial charge on any atom is -0.295 e. The second kappa shape index (κ2) is 5.35. The van der Waals surface area contributed by atoms with Gasteiger partial charge in [-0.1, -0.05) is 27.4 Å². The maximum Gasteiger partial charge on any atom is 0.0638 e. The Bertz CT molecular complexity index is 257. The van der Waals surface area contributed by atoms with Crippen LogP contribution in [0.4, 0.5) is 0 Å². The monoisotopic (exact) mass is 212 g/mol. The molecule has 0 aliphatic rings. The van der Waals surface area contributed by atoms with Crippen molar-refractivity contribution in [3.8, 4) is 0 Å². The molecule has 0 rings (SSSR count). The number of rotatable bonds is 3. The zero-order valence-corrected chi connectivity index (χ0v) is 10.6. The standard InChI is InChI=1S/C11H20N2S/c1-8(9(2)14)13-10(7-12-6)11(3,4)5/h7,9,14H,1H2,2-6H3/b12-7-,13-10+. The van der Waals surface area contributed by atoms with Crippen LogP contribution >= 0.6 is 12.6 Å². The topological polar surface area (TPSA) is 24.7 Å². The van der Waals surface area contributed by atoms with Crippen LogP contribution in [0.15, 0.2) is 22.3 Å². The fraction of sp³-hybridized carbons (Fsp3) is 0.636. The Hall–Kier alpha value is -0.570. The molecule has 0 saturated heterocycles. The van der Waals surface area contributed by atoms with E-state index in [1.54, 1.807) is 13.3 Å². The molecule has 1 unspecified atom stereocenters. The van der Waals surface area contributed by atoms with Crippen molar-refractivity contribution in [3.05, 3.63) is 12.3 Å². The first-order chi connectivity index (χ1) is 6.29. The molecule has 3 heteroatoms. The molecule has 0 spiro atoms. The molecule has 0 aromatic heterocycles. The van der Waals surface area contributed by atoms with E-state index in [0.717, 1.165) is 11.4 Å². The van der Waals surface area contributed by atoms with Crippen LogP contribution in [-0.2, 0) is 0 Å². The fourth-order valence-electron chi connectivity index (χ4n) is 0.761. The maximum atomic E-state index is 4.43. The highest BCUT2D eigenvalue weighted by Crippen LogP contribution is 2.18. The van der Waals surface area contributed by atoms with Gasteiger partial charge >= 0.3 is 0 Å². The number of hydrogen-bond acceptors (Lipinski definition) is 3. The van der Waals surface area contributed by atoms with Crippen molar-refractivity contribution >= 4 is 24.6 Å². The molecule has 1 atom stereocenters. The van der Waals surface area contributed by atoms with Gasteiger partial charge in [-0.25, -0.2) is 0 Å². The third-order valence-electron chi connectivity index (χ3n) is 1.77. The van der Waals surface area contributed by atoms with Gasteiger partial charge in [0.2, 0.25) is 0 Å². The van der Waals surface area contributed by atoms with Crippen molar-refractivity contribution in [3.63, 3.8) is 0 Å². The molecule has 2 nitrogen and oxygen atoms in total. The average Bonchev–Trinajstić information content (AvgIpc) is 2.01. The van der Waals surface area contributed by atoms with Crippen molar-refractivity contribution in [2.45, 2.75) is 32.9 Å². The second-order valence-corrected chi connectivity index (χ2v) is 5.08. The lowest BCUT2D eigenvalue weighted by Gasteiger charge is -2.19. The Morgan fingerprint density at radius 2 is 1.93 bits per heavy atom. The number of aliphatic imine (C=N–C) groups is 2. The highest BCUT2D eigenvalue weighted by Gasteiger charge is 2.17. The number of nitrogens with zero attached hydrogens (tertiary/aromatic N) is 2.